The molecular weight excluding hydrogens is 304 g/mol. The molecule has 3 aromatic rings. The van der Waals surface area contributed by atoms with Crippen LogP contribution < -0.4 is 16.4 Å². The second kappa shape index (κ2) is 5.86. The van der Waals surface area contributed by atoms with Gasteiger partial charge in [0.1, 0.15) is 0 Å². The van der Waals surface area contributed by atoms with Gasteiger partial charge in [0.25, 0.3) is 0 Å². The molecule has 8 nitrogen and oxygen atoms in total. The highest BCUT2D eigenvalue weighted by atomic mass is 35.5. The molecule has 0 aliphatic carbocycles. The average Bonchev–Trinajstić information content (AvgIpc) is 2.88. The Kier molecular flexibility index (Phi) is 3.75. The van der Waals surface area contributed by atoms with E-state index in [0.717, 1.165) is 11.4 Å². The average molecular weight is 317 g/mol. The van der Waals surface area contributed by atoms with Crippen molar-refractivity contribution in [1.82, 2.24) is 25.0 Å². The van der Waals surface area contributed by atoms with Crippen LogP contribution >= 0.6 is 11.6 Å². The fraction of sp³-hybridized carbons (Fsp3) is 0.0769. The van der Waals surface area contributed by atoms with Crippen molar-refractivity contribution < 1.29 is 0 Å². The summed E-state index contributed by atoms with van der Waals surface area (Å²) in [5.74, 6) is 0.692. The molecule has 112 valence electrons. The van der Waals surface area contributed by atoms with Crippen LogP contribution in [0.5, 0.6) is 0 Å². The molecule has 0 saturated carbocycles. The topological polar surface area (TPSA) is 107 Å². The standard InChI is InChI=1S/C13H13ClN8/c1-22-7-10(6-16-22)18-13-19-12(11(14)20-21-13)17-9-4-2-3-8(15)5-9/h2-7H,15H2,1H3,(H2,17,18,19,21). The van der Waals surface area contributed by atoms with Crippen molar-refractivity contribution in [2.24, 2.45) is 7.05 Å². The van der Waals surface area contributed by atoms with E-state index >= 15 is 0 Å². The highest BCUT2D eigenvalue weighted by Crippen LogP contribution is 2.23. The summed E-state index contributed by atoms with van der Waals surface area (Å²) in [5, 5.41) is 18.0. The van der Waals surface area contributed by atoms with Crippen LogP contribution in [0.4, 0.5) is 28.8 Å². The molecule has 0 fully saturated rings. The Morgan fingerprint density at radius 2 is 2.05 bits per heavy atom. The van der Waals surface area contributed by atoms with Gasteiger partial charge in [0.15, 0.2) is 11.0 Å². The number of nitrogens with one attached hydrogen (secondary N) is 2. The van der Waals surface area contributed by atoms with Crippen LogP contribution in [0.25, 0.3) is 0 Å². The van der Waals surface area contributed by atoms with Crippen LogP contribution in [0.15, 0.2) is 36.7 Å². The molecule has 4 N–H and O–H groups in total. The molecule has 0 saturated heterocycles. The molecule has 22 heavy (non-hydrogen) atoms. The van der Waals surface area contributed by atoms with Crippen molar-refractivity contribution >= 4 is 40.4 Å². The van der Waals surface area contributed by atoms with Crippen LogP contribution in [0.2, 0.25) is 5.15 Å². The number of hydrogen-bond donors (Lipinski definition) is 3. The number of aryl methyl sites for hydroxylation is 1. The third kappa shape index (κ3) is 3.23. The van der Waals surface area contributed by atoms with Gasteiger partial charge in [0, 0.05) is 24.6 Å². The van der Waals surface area contributed by atoms with Crippen LogP contribution in [0.3, 0.4) is 0 Å². The van der Waals surface area contributed by atoms with Crippen LogP contribution in [0, 0.1) is 0 Å². The van der Waals surface area contributed by atoms with Gasteiger partial charge in [0.05, 0.1) is 11.9 Å². The van der Waals surface area contributed by atoms with Gasteiger partial charge in [-0.05, 0) is 18.2 Å². The Bertz CT molecular complexity index is 800. The van der Waals surface area contributed by atoms with Gasteiger partial charge >= 0.3 is 0 Å². The Morgan fingerprint density at radius 3 is 2.77 bits per heavy atom. The molecule has 0 atom stereocenters. The monoisotopic (exact) mass is 316 g/mol. The molecule has 2 heterocycles. The first-order chi connectivity index (χ1) is 10.6. The predicted molar refractivity (Wildman–Crippen MR) is 85.5 cm³/mol. The second-order valence-electron chi connectivity index (χ2n) is 4.55. The highest BCUT2D eigenvalue weighted by Gasteiger charge is 2.09. The summed E-state index contributed by atoms with van der Waals surface area (Å²) >= 11 is 6.02. The van der Waals surface area contributed by atoms with E-state index in [4.69, 9.17) is 17.3 Å². The molecule has 1 aromatic carbocycles. The van der Waals surface area contributed by atoms with Gasteiger partial charge in [-0.25, -0.2) is 0 Å². The molecule has 0 aliphatic heterocycles. The first kappa shape index (κ1) is 14.1. The van der Waals surface area contributed by atoms with Crippen LogP contribution in [-0.4, -0.2) is 25.0 Å². The van der Waals surface area contributed by atoms with Crippen molar-refractivity contribution in [1.29, 1.82) is 0 Å². The molecule has 0 aliphatic rings. The minimum absolute atomic E-state index is 0.166. The number of anilines is 5. The van der Waals surface area contributed by atoms with Crippen LogP contribution in [-0.2, 0) is 7.05 Å². The maximum Gasteiger partial charge on any atom is 0.249 e. The van der Waals surface area contributed by atoms with Gasteiger partial charge in [-0.15, -0.1) is 10.2 Å². The van der Waals surface area contributed by atoms with Crippen LogP contribution in [0.1, 0.15) is 0 Å². The Hall–Kier alpha value is -2.87. The van der Waals surface area contributed by atoms with Crippen molar-refractivity contribution in [3.05, 3.63) is 41.8 Å². The number of halogens is 1. The smallest absolute Gasteiger partial charge is 0.249 e. The van der Waals surface area contributed by atoms with E-state index in [-0.39, 0.29) is 5.15 Å². The molecule has 9 heteroatoms. The van der Waals surface area contributed by atoms with Crippen molar-refractivity contribution in [3.63, 3.8) is 0 Å². The number of nitrogens with zero attached hydrogens (tertiary/aromatic N) is 5. The van der Waals surface area contributed by atoms with E-state index < -0.39 is 0 Å². The summed E-state index contributed by atoms with van der Waals surface area (Å²) in [4.78, 5) is 4.30. The minimum Gasteiger partial charge on any atom is -0.399 e. The van der Waals surface area contributed by atoms with E-state index in [1.54, 1.807) is 29.2 Å². The van der Waals surface area contributed by atoms with E-state index in [2.05, 4.69) is 30.9 Å². The minimum atomic E-state index is 0.166. The summed E-state index contributed by atoms with van der Waals surface area (Å²) in [6.07, 6.45) is 3.45. The third-order valence-corrected chi connectivity index (χ3v) is 3.01. The number of nitrogen functional groups attached to an aromatic ring is 1. The predicted octanol–water partition coefficient (Wildman–Crippen LogP) is 2.33. The first-order valence-corrected chi connectivity index (χ1v) is 6.76. The Morgan fingerprint density at radius 1 is 1.18 bits per heavy atom. The summed E-state index contributed by atoms with van der Waals surface area (Å²) < 4.78 is 1.66. The number of nitrogens with two attached hydrogens (primary N) is 1. The molecule has 0 unspecified atom stereocenters. The largest absolute Gasteiger partial charge is 0.399 e. The SMILES string of the molecule is Cn1cc(Nc2nnc(Cl)c(Nc3cccc(N)c3)n2)cn1. The zero-order valence-electron chi connectivity index (χ0n) is 11.7. The van der Waals surface area contributed by atoms with E-state index in [1.807, 2.05) is 19.2 Å². The molecular formula is C13H13ClN8. The quantitative estimate of drug-likeness (QED) is 0.634. The summed E-state index contributed by atoms with van der Waals surface area (Å²) in [7, 11) is 1.82. The van der Waals surface area contributed by atoms with E-state index in [0.29, 0.717) is 17.5 Å². The normalized spacial score (nSPS) is 10.5. The second-order valence-corrected chi connectivity index (χ2v) is 4.91. The lowest BCUT2D eigenvalue weighted by Gasteiger charge is -2.08. The first-order valence-electron chi connectivity index (χ1n) is 6.38. The molecule has 2 aromatic heterocycles. The fourth-order valence-electron chi connectivity index (χ4n) is 1.81. The summed E-state index contributed by atoms with van der Waals surface area (Å²) in [6, 6.07) is 7.24. The third-order valence-electron chi connectivity index (χ3n) is 2.76. The van der Waals surface area contributed by atoms with Gasteiger partial charge in [-0.2, -0.15) is 10.1 Å². The lowest BCUT2D eigenvalue weighted by atomic mass is 10.3. The highest BCUT2D eigenvalue weighted by molar-refractivity contribution is 6.31. The Labute approximate surface area is 131 Å². The van der Waals surface area contributed by atoms with Gasteiger partial charge in [-0.3, -0.25) is 4.68 Å². The Balaban J connectivity index is 1.83. The molecule has 0 spiro atoms. The zero-order chi connectivity index (χ0) is 15.5. The van der Waals surface area contributed by atoms with Crippen molar-refractivity contribution in [3.8, 4) is 0 Å². The van der Waals surface area contributed by atoms with E-state index in [1.165, 1.54) is 0 Å². The van der Waals surface area contributed by atoms with E-state index in [9.17, 15) is 0 Å². The maximum absolute atomic E-state index is 6.02. The van der Waals surface area contributed by atoms with Crippen molar-refractivity contribution in [2.75, 3.05) is 16.4 Å². The number of benzene rings is 1. The zero-order valence-corrected chi connectivity index (χ0v) is 12.4. The number of aromatic nitrogens is 5. The van der Waals surface area contributed by atoms with Crippen molar-refractivity contribution in [2.45, 2.75) is 0 Å². The lowest BCUT2D eigenvalue weighted by Crippen LogP contribution is -2.03. The van der Waals surface area contributed by atoms with Gasteiger partial charge in [0.2, 0.25) is 5.95 Å². The molecule has 0 bridgehead atoms. The number of hydrogen-bond acceptors (Lipinski definition) is 7. The van der Waals surface area contributed by atoms with Gasteiger partial charge < -0.3 is 16.4 Å². The lowest BCUT2D eigenvalue weighted by molar-refractivity contribution is 0.768. The number of rotatable bonds is 4. The fourth-order valence-corrected chi connectivity index (χ4v) is 1.94. The van der Waals surface area contributed by atoms with Gasteiger partial charge in [-0.1, -0.05) is 17.7 Å². The molecule has 0 amide bonds. The summed E-state index contributed by atoms with van der Waals surface area (Å²) in [5.41, 5.74) is 7.89. The molecule has 3 rings (SSSR count). The molecule has 0 radical (unpaired) electrons. The summed E-state index contributed by atoms with van der Waals surface area (Å²) in [6.45, 7) is 0. The maximum atomic E-state index is 6.02.